The van der Waals surface area contributed by atoms with Crippen LogP contribution in [0.4, 0.5) is 32.0 Å². The normalized spacial score (nSPS) is 12.2. The van der Waals surface area contributed by atoms with Crippen LogP contribution in [0.25, 0.3) is 0 Å². The molecule has 0 aliphatic rings. The minimum Gasteiger partial charge on any atom is -0.493 e. The van der Waals surface area contributed by atoms with Crippen molar-refractivity contribution in [2.75, 3.05) is 11.9 Å². The highest BCUT2D eigenvalue weighted by atomic mass is 19.4. The number of benzene rings is 2. The first kappa shape index (κ1) is 21.6. The van der Waals surface area contributed by atoms with Gasteiger partial charge in [0.15, 0.2) is 0 Å². The monoisotopic (exact) mass is 405 g/mol. The number of alkyl halides is 6. The summed E-state index contributed by atoms with van der Waals surface area (Å²) in [5.41, 5.74) is -3.59. The Morgan fingerprint density at radius 2 is 1.54 bits per heavy atom. The van der Waals surface area contributed by atoms with Crippen LogP contribution in [0.15, 0.2) is 42.5 Å². The summed E-state index contributed by atoms with van der Waals surface area (Å²) in [5, 5.41) is 2.08. The molecule has 0 aromatic heterocycles. The van der Waals surface area contributed by atoms with Gasteiger partial charge in [-0.25, -0.2) is 0 Å². The molecule has 0 aliphatic carbocycles. The van der Waals surface area contributed by atoms with Gasteiger partial charge < -0.3 is 10.1 Å². The molecular formula is C19H17F6NO2. The summed E-state index contributed by atoms with van der Waals surface area (Å²) >= 11 is 0. The Labute approximate surface area is 157 Å². The molecule has 0 atom stereocenters. The lowest BCUT2D eigenvalue weighted by atomic mass is 10.1. The Balaban J connectivity index is 2.29. The van der Waals surface area contributed by atoms with Crippen LogP contribution >= 0.6 is 0 Å². The predicted octanol–water partition coefficient (Wildman–Crippen LogP) is 6.01. The van der Waals surface area contributed by atoms with Gasteiger partial charge in [0.1, 0.15) is 5.75 Å². The molecule has 0 heterocycles. The van der Waals surface area contributed by atoms with E-state index in [4.69, 9.17) is 4.74 Å². The van der Waals surface area contributed by atoms with E-state index in [-0.39, 0.29) is 17.5 Å². The lowest BCUT2D eigenvalue weighted by Crippen LogP contribution is -2.16. The molecule has 9 heteroatoms. The minimum absolute atomic E-state index is 0.00394. The molecular weight excluding hydrogens is 388 g/mol. The number of nitrogens with one attached hydrogen (secondary N) is 1. The average molecular weight is 405 g/mol. The fourth-order valence-electron chi connectivity index (χ4n) is 2.22. The SMILES string of the molecule is CC(C)COc1cccc(C(=O)Nc2cc(C(F)(F)F)cc(C(F)(F)F)c2)c1. The van der Waals surface area contributed by atoms with Crippen LogP contribution in [-0.4, -0.2) is 12.5 Å². The van der Waals surface area contributed by atoms with Crippen molar-refractivity contribution in [2.45, 2.75) is 26.2 Å². The largest absolute Gasteiger partial charge is 0.493 e. The van der Waals surface area contributed by atoms with Crippen molar-refractivity contribution in [2.24, 2.45) is 5.92 Å². The van der Waals surface area contributed by atoms with Gasteiger partial charge in [0.05, 0.1) is 17.7 Å². The van der Waals surface area contributed by atoms with Gasteiger partial charge in [0.2, 0.25) is 0 Å². The second-order valence-electron chi connectivity index (χ2n) is 6.48. The van der Waals surface area contributed by atoms with Crippen molar-refractivity contribution < 1.29 is 35.9 Å². The van der Waals surface area contributed by atoms with Crippen LogP contribution in [0.1, 0.15) is 35.3 Å². The summed E-state index contributed by atoms with van der Waals surface area (Å²) < 4.78 is 82.9. The Bertz CT molecular complexity index is 811. The van der Waals surface area contributed by atoms with E-state index in [0.29, 0.717) is 24.5 Å². The average Bonchev–Trinajstić information content (AvgIpc) is 2.58. The zero-order valence-corrected chi connectivity index (χ0v) is 14.9. The molecule has 152 valence electrons. The van der Waals surface area contributed by atoms with Gasteiger partial charge in [-0.3, -0.25) is 4.79 Å². The Morgan fingerprint density at radius 3 is 2.04 bits per heavy atom. The van der Waals surface area contributed by atoms with E-state index in [0.717, 1.165) is 0 Å². The zero-order valence-electron chi connectivity index (χ0n) is 14.9. The van der Waals surface area contributed by atoms with Gasteiger partial charge in [-0.2, -0.15) is 26.3 Å². The first-order valence-electron chi connectivity index (χ1n) is 8.20. The Morgan fingerprint density at radius 1 is 0.964 bits per heavy atom. The maximum absolute atomic E-state index is 12.9. The summed E-state index contributed by atoms with van der Waals surface area (Å²) in [6, 6.07) is 6.71. The zero-order chi connectivity index (χ0) is 21.1. The number of halogens is 6. The molecule has 3 nitrogen and oxygen atoms in total. The van der Waals surface area contributed by atoms with Crippen molar-refractivity contribution in [3.05, 3.63) is 59.2 Å². The number of hydrogen-bond acceptors (Lipinski definition) is 2. The van der Waals surface area contributed by atoms with E-state index >= 15 is 0 Å². The van der Waals surface area contributed by atoms with E-state index < -0.39 is 35.1 Å². The lowest BCUT2D eigenvalue weighted by Gasteiger charge is -2.15. The summed E-state index contributed by atoms with van der Waals surface area (Å²) in [6.45, 7) is 4.22. The topological polar surface area (TPSA) is 38.3 Å². The fourth-order valence-corrected chi connectivity index (χ4v) is 2.22. The Hall–Kier alpha value is -2.71. The highest BCUT2D eigenvalue weighted by Crippen LogP contribution is 2.37. The smallest absolute Gasteiger partial charge is 0.416 e. The van der Waals surface area contributed by atoms with Crippen molar-refractivity contribution in [3.8, 4) is 5.75 Å². The summed E-state index contributed by atoms with van der Waals surface area (Å²) in [5.74, 6) is -0.271. The molecule has 0 unspecified atom stereocenters. The predicted molar refractivity (Wildman–Crippen MR) is 91.2 cm³/mol. The highest BCUT2D eigenvalue weighted by molar-refractivity contribution is 6.04. The number of anilines is 1. The van der Waals surface area contributed by atoms with Crippen molar-refractivity contribution in [1.29, 1.82) is 0 Å². The van der Waals surface area contributed by atoms with Crippen LogP contribution in [0, 0.1) is 5.92 Å². The van der Waals surface area contributed by atoms with Gasteiger partial charge in [-0.15, -0.1) is 0 Å². The molecule has 2 aromatic rings. The summed E-state index contributed by atoms with van der Waals surface area (Å²) in [4.78, 5) is 12.3. The van der Waals surface area contributed by atoms with Crippen LogP contribution in [-0.2, 0) is 12.4 Å². The van der Waals surface area contributed by atoms with Crippen molar-refractivity contribution >= 4 is 11.6 Å². The number of rotatable bonds is 5. The van der Waals surface area contributed by atoms with Gasteiger partial charge in [-0.1, -0.05) is 19.9 Å². The van der Waals surface area contributed by atoms with E-state index in [1.165, 1.54) is 18.2 Å². The van der Waals surface area contributed by atoms with E-state index in [9.17, 15) is 31.1 Å². The third-order valence-electron chi connectivity index (χ3n) is 3.53. The molecule has 0 saturated heterocycles. The standard InChI is InChI=1S/C19H17F6NO2/c1-11(2)10-28-16-5-3-4-12(6-16)17(27)26-15-8-13(18(20,21)22)7-14(9-15)19(23,24)25/h3-9,11H,10H2,1-2H3,(H,26,27). The summed E-state index contributed by atoms with van der Waals surface area (Å²) in [7, 11) is 0. The maximum atomic E-state index is 12.9. The van der Waals surface area contributed by atoms with Gasteiger partial charge in [0, 0.05) is 11.3 Å². The third kappa shape index (κ3) is 5.90. The molecule has 1 N–H and O–H groups in total. The number of amides is 1. The van der Waals surface area contributed by atoms with Gasteiger partial charge in [0.25, 0.3) is 5.91 Å². The molecule has 0 radical (unpaired) electrons. The maximum Gasteiger partial charge on any atom is 0.416 e. The molecule has 2 rings (SSSR count). The lowest BCUT2D eigenvalue weighted by molar-refractivity contribution is -0.143. The first-order chi connectivity index (χ1) is 12.9. The molecule has 2 aromatic carbocycles. The number of ether oxygens (including phenoxy) is 1. The highest BCUT2D eigenvalue weighted by Gasteiger charge is 2.37. The van der Waals surface area contributed by atoms with Crippen molar-refractivity contribution in [1.82, 2.24) is 0 Å². The van der Waals surface area contributed by atoms with Crippen LogP contribution < -0.4 is 10.1 Å². The van der Waals surface area contributed by atoms with Gasteiger partial charge >= 0.3 is 12.4 Å². The van der Waals surface area contributed by atoms with E-state index in [1.54, 1.807) is 6.07 Å². The first-order valence-corrected chi connectivity index (χ1v) is 8.20. The van der Waals surface area contributed by atoms with Crippen LogP contribution in [0.2, 0.25) is 0 Å². The van der Waals surface area contributed by atoms with Gasteiger partial charge in [-0.05, 0) is 42.3 Å². The molecule has 0 aliphatic heterocycles. The number of carbonyl (C=O) groups excluding carboxylic acids is 1. The third-order valence-corrected chi connectivity index (χ3v) is 3.53. The molecule has 0 bridgehead atoms. The molecule has 0 spiro atoms. The fraction of sp³-hybridized carbons (Fsp3) is 0.316. The summed E-state index contributed by atoms with van der Waals surface area (Å²) in [6.07, 6.45) is -9.99. The van der Waals surface area contributed by atoms with E-state index in [1.807, 2.05) is 13.8 Å². The number of carbonyl (C=O) groups is 1. The quantitative estimate of drug-likeness (QED) is 0.619. The number of hydrogen-bond donors (Lipinski definition) is 1. The minimum atomic E-state index is -4.99. The van der Waals surface area contributed by atoms with Crippen LogP contribution in [0.3, 0.4) is 0 Å². The molecule has 0 fully saturated rings. The van der Waals surface area contributed by atoms with E-state index in [2.05, 4.69) is 5.32 Å². The molecule has 1 amide bonds. The second-order valence-corrected chi connectivity index (χ2v) is 6.48. The molecule has 28 heavy (non-hydrogen) atoms. The second kappa shape index (κ2) is 8.12. The van der Waals surface area contributed by atoms with Crippen LogP contribution in [0.5, 0.6) is 5.75 Å². The van der Waals surface area contributed by atoms with Crippen molar-refractivity contribution in [3.63, 3.8) is 0 Å². The molecule has 0 saturated carbocycles. The Kier molecular flexibility index (Phi) is 6.26.